The quantitative estimate of drug-likeness (QED) is 0.340. The van der Waals surface area contributed by atoms with Crippen LogP contribution in [0.15, 0.2) is 76.6 Å². The Bertz CT molecular complexity index is 1720. The molecule has 8 nitrogen and oxygen atoms in total. The van der Waals surface area contributed by atoms with E-state index in [0.717, 1.165) is 10.8 Å². The van der Waals surface area contributed by atoms with E-state index in [1.54, 1.807) is 43.3 Å². The number of hydrogen-bond donors (Lipinski definition) is 3. The molecule has 0 aliphatic heterocycles. The van der Waals surface area contributed by atoms with Crippen molar-refractivity contribution in [2.24, 2.45) is 0 Å². The van der Waals surface area contributed by atoms with E-state index in [-0.39, 0.29) is 22.6 Å². The molecule has 0 radical (unpaired) electrons. The van der Waals surface area contributed by atoms with Crippen LogP contribution in [0.4, 0.5) is 5.69 Å². The Morgan fingerprint density at radius 1 is 1.03 bits per heavy atom. The maximum absolute atomic E-state index is 13.1. The zero-order chi connectivity index (χ0) is 23.2. The summed E-state index contributed by atoms with van der Waals surface area (Å²) in [6.45, 7) is 1.88. The molecule has 0 aliphatic carbocycles. The van der Waals surface area contributed by atoms with E-state index in [1.165, 1.54) is 6.20 Å². The van der Waals surface area contributed by atoms with Crippen LogP contribution in [0, 0.1) is 0 Å². The first-order chi connectivity index (χ1) is 15.9. The summed E-state index contributed by atoms with van der Waals surface area (Å²) in [5, 5.41) is 2.63. The third-order valence-corrected chi connectivity index (χ3v) is 6.80. The second-order valence-corrected chi connectivity index (χ2v) is 9.18. The second-order valence-electron chi connectivity index (χ2n) is 7.50. The van der Waals surface area contributed by atoms with Crippen molar-refractivity contribution in [3.8, 4) is 0 Å². The first-order valence-corrected chi connectivity index (χ1v) is 11.7. The van der Waals surface area contributed by atoms with Gasteiger partial charge in [-0.15, -0.1) is 0 Å². The molecular formula is C24H19N3O5S. The van der Waals surface area contributed by atoms with Crippen LogP contribution in [-0.4, -0.2) is 31.0 Å². The molecule has 5 rings (SSSR count). The Hall–Kier alpha value is -4.11. The first-order valence-electron chi connectivity index (χ1n) is 10.2. The van der Waals surface area contributed by atoms with Gasteiger partial charge in [0.05, 0.1) is 17.1 Å². The van der Waals surface area contributed by atoms with Crippen LogP contribution in [-0.2, 0) is 14.8 Å². The molecule has 2 heterocycles. The number of anilines is 1. The van der Waals surface area contributed by atoms with E-state index in [2.05, 4.69) is 14.7 Å². The summed E-state index contributed by atoms with van der Waals surface area (Å²) in [7, 11) is -3.88. The van der Waals surface area contributed by atoms with E-state index in [1.807, 2.05) is 24.3 Å². The molecule has 0 bridgehead atoms. The highest BCUT2D eigenvalue weighted by molar-refractivity contribution is 7.92. The van der Waals surface area contributed by atoms with Crippen molar-refractivity contribution in [3.05, 3.63) is 82.8 Å². The molecule has 166 valence electrons. The number of aromatic amines is 2. The predicted octanol–water partition coefficient (Wildman–Crippen LogP) is 4.14. The van der Waals surface area contributed by atoms with Gasteiger partial charge in [-0.2, -0.15) is 0 Å². The number of aromatic nitrogens is 2. The minimum absolute atomic E-state index is 0.127. The molecule has 0 spiro atoms. The molecule has 2 aromatic heterocycles. The number of sulfonamides is 1. The van der Waals surface area contributed by atoms with E-state index in [4.69, 9.17) is 4.74 Å². The van der Waals surface area contributed by atoms with Gasteiger partial charge < -0.3 is 14.7 Å². The van der Waals surface area contributed by atoms with E-state index in [0.29, 0.717) is 22.0 Å². The number of carbonyl (C=O) groups is 1. The average Bonchev–Trinajstić information content (AvgIpc) is 3.26. The van der Waals surface area contributed by atoms with Crippen LogP contribution in [0.3, 0.4) is 0 Å². The van der Waals surface area contributed by atoms with Crippen molar-refractivity contribution in [1.82, 2.24) is 9.97 Å². The van der Waals surface area contributed by atoms with Crippen LogP contribution >= 0.6 is 0 Å². The maximum atomic E-state index is 13.1. The van der Waals surface area contributed by atoms with Gasteiger partial charge in [-0.05, 0) is 48.0 Å². The standard InChI is InChI=1S/C24H19N3O5S/c1-2-32-24(29)19-13-25-22-21(19)18-12-16(8-10-20(18)26-23(22)28)27-33(30,31)17-9-7-14-5-3-4-6-15(14)11-17/h3-13,25,27H,2H2,1H3,(H,26,28). The molecule has 0 saturated carbocycles. The van der Waals surface area contributed by atoms with Crippen molar-refractivity contribution < 1.29 is 17.9 Å². The van der Waals surface area contributed by atoms with Crippen LogP contribution in [0.2, 0.25) is 0 Å². The molecule has 3 N–H and O–H groups in total. The zero-order valence-corrected chi connectivity index (χ0v) is 18.3. The summed E-state index contributed by atoms with van der Waals surface area (Å²) in [4.78, 5) is 30.5. The van der Waals surface area contributed by atoms with E-state index < -0.39 is 21.6 Å². The summed E-state index contributed by atoms with van der Waals surface area (Å²) < 4.78 is 33.8. The summed E-state index contributed by atoms with van der Waals surface area (Å²) in [6, 6.07) is 17.1. The van der Waals surface area contributed by atoms with E-state index >= 15 is 0 Å². The molecule has 0 saturated heterocycles. The fourth-order valence-corrected chi connectivity index (χ4v) is 4.99. The molecule has 5 aromatic rings. The molecule has 3 aromatic carbocycles. The van der Waals surface area contributed by atoms with Crippen LogP contribution in [0.1, 0.15) is 17.3 Å². The molecule has 0 aliphatic rings. The second kappa shape index (κ2) is 7.79. The molecule has 0 atom stereocenters. The predicted molar refractivity (Wildman–Crippen MR) is 127 cm³/mol. The van der Waals surface area contributed by atoms with Crippen molar-refractivity contribution >= 4 is 54.3 Å². The fraction of sp³-hybridized carbons (Fsp3) is 0.0833. The molecule has 0 unspecified atom stereocenters. The van der Waals surface area contributed by atoms with Gasteiger partial charge >= 0.3 is 5.97 Å². The minimum Gasteiger partial charge on any atom is -0.462 e. The zero-order valence-electron chi connectivity index (χ0n) is 17.5. The van der Waals surface area contributed by atoms with Crippen molar-refractivity contribution in [2.45, 2.75) is 11.8 Å². The lowest BCUT2D eigenvalue weighted by Crippen LogP contribution is -2.13. The molecule has 0 fully saturated rings. The number of ether oxygens (including phenoxy) is 1. The Morgan fingerprint density at radius 3 is 2.61 bits per heavy atom. The lowest BCUT2D eigenvalue weighted by molar-refractivity contribution is 0.0529. The Labute approximate surface area is 188 Å². The van der Waals surface area contributed by atoms with Gasteiger partial charge in [-0.1, -0.05) is 30.3 Å². The van der Waals surface area contributed by atoms with E-state index in [9.17, 15) is 18.0 Å². The first kappa shape index (κ1) is 20.8. The Kier molecular flexibility index (Phi) is 4.90. The number of carbonyl (C=O) groups excluding carboxylic acids is 1. The van der Waals surface area contributed by atoms with Crippen LogP contribution in [0.25, 0.3) is 32.6 Å². The Balaban J connectivity index is 1.61. The normalized spacial score (nSPS) is 11.8. The minimum atomic E-state index is -3.88. The largest absolute Gasteiger partial charge is 0.462 e. The number of nitrogens with one attached hydrogen (secondary N) is 3. The molecular weight excluding hydrogens is 442 g/mol. The summed E-state index contributed by atoms with van der Waals surface area (Å²) in [6.07, 6.45) is 1.42. The molecule has 0 amide bonds. The smallest absolute Gasteiger partial charge is 0.340 e. The summed E-state index contributed by atoms with van der Waals surface area (Å²) >= 11 is 0. The van der Waals surface area contributed by atoms with Crippen LogP contribution < -0.4 is 10.3 Å². The third kappa shape index (κ3) is 3.62. The average molecular weight is 461 g/mol. The van der Waals surface area contributed by atoms with Crippen LogP contribution in [0.5, 0.6) is 0 Å². The topological polar surface area (TPSA) is 121 Å². The highest BCUT2D eigenvalue weighted by Crippen LogP contribution is 2.29. The van der Waals surface area contributed by atoms with Gasteiger partial charge in [-0.3, -0.25) is 9.52 Å². The maximum Gasteiger partial charge on any atom is 0.340 e. The van der Waals surface area contributed by atoms with Crippen molar-refractivity contribution in [2.75, 3.05) is 11.3 Å². The van der Waals surface area contributed by atoms with Gasteiger partial charge in [0.25, 0.3) is 15.6 Å². The molecule has 9 heteroatoms. The lowest BCUT2D eigenvalue weighted by Gasteiger charge is -2.11. The number of H-pyrrole nitrogens is 2. The van der Waals surface area contributed by atoms with Gasteiger partial charge in [0, 0.05) is 28.2 Å². The lowest BCUT2D eigenvalue weighted by atomic mass is 10.1. The number of rotatable bonds is 5. The number of fused-ring (bicyclic) bond motifs is 4. The van der Waals surface area contributed by atoms with Gasteiger partial charge in [-0.25, -0.2) is 13.2 Å². The van der Waals surface area contributed by atoms with Gasteiger partial charge in [0.2, 0.25) is 0 Å². The Morgan fingerprint density at radius 2 is 1.82 bits per heavy atom. The summed E-state index contributed by atoms with van der Waals surface area (Å²) in [5.74, 6) is -0.571. The fourth-order valence-electron chi connectivity index (χ4n) is 3.91. The number of pyridine rings is 1. The highest BCUT2D eigenvalue weighted by atomic mass is 32.2. The third-order valence-electron chi connectivity index (χ3n) is 5.42. The highest BCUT2D eigenvalue weighted by Gasteiger charge is 2.20. The summed E-state index contributed by atoms with van der Waals surface area (Å²) in [5.41, 5.74) is 0.779. The monoisotopic (exact) mass is 461 g/mol. The number of esters is 1. The SMILES string of the molecule is CCOC(=O)c1c[nH]c2c(=O)[nH]c3ccc(NS(=O)(=O)c4ccc5ccccc5c4)cc3c12. The number of hydrogen-bond acceptors (Lipinski definition) is 5. The number of benzene rings is 3. The van der Waals surface area contributed by atoms with Crippen molar-refractivity contribution in [3.63, 3.8) is 0 Å². The molecule has 33 heavy (non-hydrogen) atoms. The van der Waals surface area contributed by atoms with Crippen molar-refractivity contribution in [1.29, 1.82) is 0 Å². The van der Waals surface area contributed by atoms with Gasteiger partial charge in [0.15, 0.2) is 0 Å². The van der Waals surface area contributed by atoms with Gasteiger partial charge in [0.1, 0.15) is 5.52 Å².